The van der Waals surface area contributed by atoms with Gasteiger partial charge >= 0.3 is 6.18 Å². The summed E-state index contributed by atoms with van der Waals surface area (Å²) in [7, 11) is 0. The number of rotatable bonds is 3. The van der Waals surface area contributed by atoms with Gasteiger partial charge in [0.25, 0.3) is 5.91 Å². The van der Waals surface area contributed by atoms with E-state index in [-0.39, 0.29) is 11.6 Å². The van der Waals surface area contributed by atoms with Gasteiger partial charge in [-0.1, -0.05) is 12.1 Å². The number of carbonyl (C=O) groups excluding carboxylic acids is 1. The van der Waals surface area contributed by atoms with Crippen LogP contribution >= 0.6 is 0 Å². The summed E-state index contributed by atoms with van der Waals surface area (Å²) in [4.78, 5) is 16.4. The topological polar surface area (TPSA) is 55.1 Å². The highest BCUT2D eigenvalue weighted by atomic mass is 19.4. The van der Waals surface area contributed by atoms with E-state index in [0.717, 1.165) is 23.3 Å². The minimum absolute atomic E-state index is 0.0424. The average molecular weight is 360 g/mol. The number of alkyl halides is 3. The molecule has 0 atom stereocenters. The first-order valence-corrected chi connectivity index (χ1v) is 7.76. The first kappa shape index (κ1) is 17.7. The number of hydrogen-bond acceptors (Lipinski definition) is 3. The Morgan fingerprint density at radius 2 is 1.77 bits per heavy atom. The molecule has 7 heteroatoms. The smallest absolute Gasteiger partial charge is 0.416 e. The molecule has 0 bridgehead atoms. The normalized spacial score (nSPS) is 11.4. The zero-order chi connectivity index (χ0) is 18.9. The molecule has 0 aliphatic carbocycles. The lowest BCUT2D eigenvalue weighted by molar-refractivity contribution is -0.137. The maximum atomic E-state index is 12.6. The minimum atomic E-state index is -4.41. The molecule has 1 aromatic heterocycles. The second-order valence-corrected chi connectivity index (χ2v) is 5.89. The molecule has 3 aromatic rings. The van der Waals surface area contributed by atoms with Gasteiger partial charge in [0.15, 0.2) is 5.69 Å². The average Bonchev–Trinajstić information content (AvgIpc) is 3.08. The lowest BCUT2D eigenvalue weighted by Crippen LogP contribution is -2.13. The molecule has 2 aromatic carbocycles. The molecule has 0 radical (unpaired) electrons. The quantitative estimate of drug-likeness (QED) is 0.696. The van der Waals surface area contributed by atoms with Crippen LogP contribution < -0.4 is 5.32 Å². The zero-order valence-electron chi connectivity index (χ0n) is 14.0. The fourth-order valence-electron chi connectivity index (χ4n) is 2.37. The summed E-state index contributed by atoms with van der Waals surface area (Å²) < 4.78 is 43.1. The van der Waals surface area contributed by atoms with Gasteiger partial charge in [0.2, 0.25) is 5.89 Å². The van der Waals surface area contributed by atoms with Crippen molar-refractivity contribution < 1.29 is 22.4 Å². The van der Waals surface area contributed by atoms with Crippen LogP contribution in [0.5, 0.6) is 0 Å². The summed E-state index contributed by atoms with van der Waals surface area (Å²) in [5.41, 5.74) is 2.19. The Balaban J connectivity index is 1.79. The van der Waals surface area contributed by atoms with Crippen LogP contribution in [0.2, 0.25) is 0 Å². The van der Waals surface area contributed by atoms with Crippen LogP contribution in [0.3, 0.4) is 0 Å². The third-order valence-electron chi connectivity index (χ3n) is 3.84. The van der Waals surface area contributed by atoms with Gasteiger partial charge in [-0.05, 0) is 55.3 Å². The van der Waals surface area contributed by atoms with Crippen LogP contribution in [-0.2, 0) is 6.18 Å². The van der Waals surface area contributed by atoms with Gasteiger partial charge in [-0.15, -0.1) is 0 Å². The van der Waals surface area contributed by atoms with Gasteiger partial charge in [0.05, 0.1) is 5.56 Å². The number of amides is 1. The zero-order valence-corrected chi connectivity index (χ0v) is 14.0. The predicted molar refractivity (Wildman–Crippen MR) is 90.8 cm³/mol. The van der Waals surface area contributed by atoms with E-state index in [9.17, 15) is 18.0 Å². The number of halogens is 3. The van der Waals surface area contributed by atoms with Crippen LogP contribution in [-0.4, -0.2) is 10.9 Å². The molecule has 1 N–H and O–H groups in total. The van der Waals surface area contributed by atoms with Gasteiger partial charge in [-0.3, -0.25) is 4.79 Å². The maximum Gasteiger partial charge on any atom is 0.416 e. The maximum absolute atomic E-state index is 12.6. The van der Waals surface area contributed by atoms with Crippen LogP contribution in [0.1, 0.15) is 27.2 Å². The molecule has 0 spiro atoms. The Labute approximate surface area is 147 Å². The van der Waals surface area contributed by atoms with Crippen LogP contribution in [0.25, 0.3) is 11.5 Å². The molecule has 0 aliphatic rings. The van der Waals surface area contributed by atoms with Crippen molar-refractivity contribution in [1.82, 2.24) is 4.98 Å². The summed E-state index contributed by atoms with van der Waals surface area (Å²) in [6, 6.07) is 10.0. The number of nitrogens with one attached hydrogen (secondary N) is 1. The molecule has 3 rings (SSSR count). The highest BCUT2D eigenvalue weighted by Crippen LogP contribution is 2.30. The summed E-state index contributed by atoms with van der Waals surface area (Å²) in [5, 5.41) is 2.75. The highest BCUT2D eigenvalue weighted by molar-refractivity contribution is 6.03. The van der Waals surface area contributed by atoms with Crippen molar-refractivity contribution in [3.8, 4) is 11.5 Å². The molecule has 0 fully saturated rings. The van der Waals surface area contributed by atoms with E-state index in [2.05, 4.69) is 10.3 Å². The SMILES string of the molecule is Cc1ccc(C)c(NC(=O)c2coc(-c3ccc(C(F)(F)F)cc3)n2)c1. The summed E-state index contributed by atoms with van der Waals surface area (Å²) in [5.74, 6) is -0.384. The number of anilines is 1. The van der Waals surface area contributed by atoms with Crippen molar-refractivity contribution in [1.29, 1.82) is 0 Å². The Hall–Kier alpha value is -3.09. The molecular weight excluding hydrogens is 345 g/mol. The number of nitrogens with zero attached hydrogens (tertiary/aromatic N) is 1. The molecule has 0 aliphatic heterocycles. The number of benzene rings is 2. The van der Waals surface area contributed by atoms with E-state index in [1.807, 2.05) is 32.0 Å². The Kier molecular flexibility index (Phi) is 4.54. The molecule has 0 saturated carbocycles. The van der Waals surface area contributed by atoms with Crippen molar-refractivity contribution in [2.75, 3.05) is 5.32 Å². The number of aryl methyl sites for hydroxylation is 2. The highest BCUT2D eigenvalue weighted by Gasteiger charge is 2.30. The largest absolute Gasteiger partial charge is 0.444 e. The van der Waals surface area contributed by atoms with Gasteiger partial charge < -0.3 is 9.73 Å². The second-order valence-electron chi connectivity index (χ2n) is 5.89. The monoisotopic (exact) mass is 360 g/mol. The lowest BCUT2D eigenvalue weighted by atomic mass is 10.1. The van der Waals surface area contributed by atoms with Crippen LogP contribution in [0.4, 0.5) is 18.9 Å². The fourth-order valence-corrected chi connectivity index (χ4v) is 2.37. The van der Waals surface area contributed by atoms with Crippen molar-refractivity contribution in [2.24, 2.45) is 0 Å². The van der Waals surface area contributed by atoms with E-state index < -0.39 is 17.6 Å². The number of aromatic nitrogens is 1. The predicted octanol–water partition coefficient (Wildman–Crippen LogP) is 5.23. The molecule has 4 nitrogen and oxygen atoms in total. The van der Waals surface area contributed by atoms with Gasteiger partial charge in [-0.25, -0.2) is 4.98 Å². The Bertz CT molecular complexity index is 944. The number of hydrogen-bond donors (Lipinski definition) is 1. The molecule has 0 saturated heterocycles. The number of oxazole rings is 1. The van der Waals surface area contributed by atoms with E-state index in [0.29, 0.717) is 11.3 Å². The lowest BCUT2D eigenvalue weighted by Gasteiger charge is -2.07. The van der Waals surface area contributed by atoms with E-state index >= 15 is 0 Å². The minimum Gasteiger partial charge on any atom is -0.444 e. The molecule has 26 heavy (non-hydrogen) atoms. The molecule has 0 unspecified atom stereocenters. The first-order chi connectivity index (χ1) is 12.2. The van der Waals surface area contributed by atoms with Gasteiger partial charge in [0, 0.05) is 11.3 Å². The third-order valence-corrected chi connectivity index (χ3v) is 3.84. The standard InChI is InChI=1S/C19H15F3N2O2/c1-11-3-4-12(2)15(9-11)23-17(25)16-10-26-18(24-16)13-5-7-14(8-6-13)19(20,21)22/h3-10H,1-2H3,(H,23,25). The third kappa shape index (κ3) is 3.77. The molecule has 1 amide bonds. The summed E-state index contributed by atoms with van der Waals surface area (Å²) >= 11 is 0. The molecule has 134 valence electrons. The van der Waals surface area contributed by atoms with Crippen molar-refractivity contribution in [3.05, 3.63) is 71.1 Å². The molecule has 1 heterocycles. The van der Waals surface area contributed by atoms with E-state index in [1.54, 1.807) is 0 Å². The summed E-state index contributed by atoms with van der Waals surface area (Å²) in [6.07, 6.45) is -3.24. The van der Waals surface area contributed by atoms with Gasteiger partial charge in [-0.2, -0.15) is 13.2 Å². The number of carbonyl (C=O) groups is 1. The van der Waals surface area contributed by atoms with Crippen LogP contribution in [0.15, 0.2) is 53.1 Å². The van der Waals surface area contributed by atoms with E-state index in [1.165, 1.54) is 18.4 Å². The Morgan fingerprint density at radius 1 is 1.08 bits per heavy atom. The first-order valence-electron chi connectivity index (χ1n) is 7.76. The second kappa shape index (κ2) is 6.67. The van der Waals surface area contributed by atoms with Crippen molar-refractivity contribution in [3.63, 3.8) is 0 Å². The van der Waals surface area contributed by atoms with Crippen LogP contribution in [0, 0.1) is 13.8 Å². The molecular formula is C19H15F3N2O2. The van der Waals surface area contributed by atoms with Crippen molar-refractivity contribution in [2.45, 2.75) is 20.0 Å². The van der Waals surface area contributed by atoms with E-state index in [4.69, 9.17) is 4.42 Å². The fraction of sp³-hybridized carbons (Fsp3) is 0.158. The van der Waals surface area contributed by atoms with Crippen molar-refractivity contribution >= 4 is 11.6 Å². The Morgan fingerprint density at radius 3 is 2.42 bits per heavy atom. The van der Waals surface area contributed by atoms with Gasteiger partial charge in [0.1, 0.15) is 6.26 Å². The summed E-state index contributed by atoms with van der Waals surface area (Å²) in [6.45, 7) is 3.78.